The van der Waals surface area contributed by atoms with E-state index in [-0.39, 0.29) is 52.7 Å². The van der Waals surface area contributed by atoms with E-state index in [1.165, 1.54) is 13.0 Å². The highest BCUT2D eigenvalue weighted by Crippen LogP contribution is 2.49. The first-order valence-electron chi connectivity index (χ1n) is 12.3. The number of ether oxygens (including phenoxy) is 1. The number of benzene rings is 2. The van der Waals surface area contributed by atoms with Crippen LogP contribution in [0.25, 0.3) is 10.8 Å². The summed E-state index contributed by atoms with van der Waals surface area (Å²) in [6.45, 7) is 1.47. The highest BCUT2D eigenvalue weighted by atomic mass is 19.4. The number of phenols is 2. The van der Waals surface area contributed by atoms with Crippen molar-refractivity contribution in [1.82, 2.24) is 5.32 Å². The number of allylic oxidation sites excluding steroid dienone is 2. The minimum Gasteiger partial charge on any atom is -0.507 e. The number of carbonyl (C=O) groups is 3. The predicted molar refractivity (Wildman–Crippen MR) is 128 cm³/mol. The number of aromatic hydroxyl groups is 2. The second kappa shape index (κ2) is 9.39. The fraction of sp³-hybridized carbons (Fsp3) is 0.444. The Morgan fingerprint density at radius 2 is 1.68 bits per heavy atom. The molecule has 1 heterocycles. The van der Waals surface area contributed by atoms with Gasteiger partial charge in [0.1, 0.15) is 17.6 Å². The number of ketones is 2. The molecule has 0 saturated carbocycles. The third-order valence-corrected chi connectivity index (χ3v) is 7.89. The second-order valence-corrected chi connectivity index (χ2v) is 10.2. The number of fused-ring (bicyclic) bond motifs is 3. The fourth-order valence-electron chi connectivity index (χ4n) is 6.11. The molecule has 2 aromatic carbocycles. The molecule has 0 bridgehead atoms. The number of hydrogen-bond acceptors (Lipinski definition) is 7. The molecule has 1 aliphatic heterocycles. The Morgan fingerprint density at radius 3 is 2.29 bits per heavy atom. The molecule has 3 aliphatic rings. The van der Waals surface area contributed by atoms with Gasteiger partial charge >= 0.3 is 12.1 Å². The number of carbonyl (C=O) groups excluding carboxylic acids is 3. The van der Waals surface area contributed by atoms with Crippen LogP contribution < -0.4 is 5.32 Å². The van der Waals surface area contributed by atoms with E-state index in [1.54, 1.807) is 30.4 Å². The molecule has 11 heteroatoms. The number of amides is 1. The van der Waals surface area contributed by atoms with Gasteiger partial charge in [-0.15, -0.1) is 0 Å². The molecule has 0 aromatic heterocycles. The van der Waals surface area contributed by atoms with Gasteiger partial charge in [-0.1, -0.05) is 36.4 Å². The summed E-state index contributed by atoms with van der Waals surface area (Å²) in [5.74, 6) is -6.16. The zero-order valence-electron chi connectivity index (χ0n) is 20.2. The predicted octanol–water partition coefficient (Wildman–Crippen LogP) is 3.41. The Balaban J connectivity index is 1.45. The van der Waals surface area contributed by atoms with Crippen LogP contribution in [0, 0.1) is 17.8 Å². The molecule has 202 valence electrons. The molecule has 4 N–H and O–H groups in total. The number of aliphatic hydroxyl groups is 1. The van der Waals surface area contributed by atoms with Gasteiger partial charge in [-0.25, -0.2) is 0 Å². The third-order valence-electron chi connectivity index (χ3n) is 7.89. The lowest BCUT2D eigenvalue weighted by atomic mass is 9.63. The maximum atomic E-state index is 13.8. The van der Waals surface area contributed by atoms with E-state index >= 15 is 0 Å². The Bertz CT molecular complexity index is 1350. The van der Waals surface area contributed by atoms with Gasteiger partial charge in [-0.2, -0.15) is 13.2 Å². The molecular weight excluding hydrogens is 507 g/mol. The monoisotopic (exact) mass is 533 g/mol. The van der Waals surface area contributed by atoms with Gasteiger partial charge in [0.2, 0.25) is 0 Å². The van der Waals surface area contributed by atoms with E-state index < -0.39 is 65.8 Å². The first-order chi connectivity index (χ1) is 17.9. The molecule has 38 heavy (non-hydrogen) atoms. The largest absolute Gasteiger partial charge is 0.507 e. The minimum atomic E-state index is -5.11. The summed E-state index contributed by atoms with van der Waals surface area (Å²) in [7, 11) is 0. The lowest BCUT2D eigenvalue weighted by molar-refractivity contribution is -0.179. The van der Waals surface area contributed by atoms with E-state index in [2.05, 4.69) is 0 Å². The van der Waals surface area contributed by atoms with Crippen LogP contribution in [0.2, 0.25) is 0 Å². The molecule has 1 fully saturated rings. The normalized spacial score (nSPS) is 31.1. The van der Waals surface area contributed by atoms with Crippen molar-refractivity contribution in [3.05, 3.63) is 47.5 Å². The molecule has 3 unspecified atom stereocenters. The quantitative estimate of drug-likeness (QED) is 0.351. The van der Waals surface area contributed by atoms with Crippen molar-refractivity contribution in [1.29, 1.82) is 0 Å². The maximum Gasteiger partial charge on any atom is 0.471 e. The Labute approximate surface area is 215 Å². The van der Waals surface area contributed by atoms with Gasteiger partial charge in [0, 0.05) is 22.6 Å². The van der Waals surface area contributed by atoms with Crippen molar-refractivity contribution in [2.45, 2.75) is 56.7 Å². The Kier molecular flexibility index (Phi) is 6.47. The van der Waals surface area contributed by atoms with E-state index in [0.717, 1.165) is 0 Å². The number of phenolic OH excluding ortho intramolecular Hbond substituents is 2. The van der Waals surface area contributed by atoms with Gasteiger partial charge in [-0.05, 0) is 32.1 Å². The summed E-state index contributed by atoms with van der Waals surface area (Å²) in [5, 5.41) is 34.5. The molecule has 1 amide bonds. The van der Waals surface area contributed by atoms with Gasteiger partial charge in [0.15, 0.2) is 11.6 Å². The molecule has 1 saturated heterocycles. The number of hydrogen-bond donors (Lipinski definition) is 4. The number of halogens is 3. The number of Topliss-reactive ketones (excluding diaryl/α,β-unsaturated/α-hetero) is 2. The summed E-state index contributed by atoms with van der Waals surface area (Å²) in [4.78, 5) is 38.8. The minimum absolute atomic E-state index is 0.127. The lowest BCUT2D eigenvalue weighted by Crippen LogP contribution is -2.57. The number of rotatable bonds is 3. The van der Waals surface area contributed by atoms with Crippen molar-refractivity contribution in [2.24, 2.45) is 17.8 Å². The summed E-state index contributed by atoms with van der Waals surface area (Å²) >= 11 is 0. The van der Waals surface area contributed by atoms with E-state index in [9.17, 15) is 42.9 Å². The van der Waals surface area contributed by atoms with Crippen molar-refractivity contribution in [3.8, 4) is 11.5 Å². The topological polar surface area (TPSA) is 133 Å². The summed E-state index contributed by atoms with van der Waals surface area (Å²) < 4.78 is 44.2. The number of nitrogens with one attached hydrogen (secondary N) is 1. The van der Waals surface area contributed by atoms with Crippen molar-refractivity contribution >= 4 is 28.2 Å². The molecule has 5 rings (SSSR count). The standard InChI is InChI=1S/C27H26F3NO7/c1-11-21(32)17(31-26(37)27(28,29)30)10-13(38-11)9-12-5-4-8-16-18(12)25(36)20-19(24(16)35)22(33)14-6-2-3-7-15(14)23(20)34/h2-7,11-13,16-18,21,32-34H,8-10H2,1H3,(H,31,37)/t11-,12?,13+,16?,17+,18?,21+/m1/s1. The average molecular weight is 533 g/mol. The highest BCUT2D eigenvalue weighted by Gasteiger charge is 2.50. The Hall–Kier alpha value is -3.44. The van der Waals surface area contributed by atoms with Crippen molar-refractivity contribution in [2.75, 3.05) is 0 Å². The number of alkyl halides is 3. The average Bonchev–Trinajstić information content (AvgIpc) is 2.87. The van der Waals surface area contributed by atoms with Gasteiger partial charge < -0.3 is 25.4 Å². The van der Waals surface area contributed by atoms with Crippen molar-refractivity contribution in [3.63, 3.8) is 0 Å². The van der Waals surface area contributed by atoms with Gasteiger partial charge in [-0.3, -0.25) is 14.4 Å². The van der Waals surface area contributed by atoms with Crippen molar-refractivity contribution < 1.29 is 47.6 Å². The molecule has 7 atom stereocenters. The van der Waals surface area contributed by atoms with Gasteiger partial charge in [0.25, 0.3) is 0 Å². The molecule has 8 nitrogen and oxygen atoms in total. The smallest absolute Gasteiger partial charge is 0.471 e. The molecule has 0 radical (unpaired) electrons. The van der Waals surface area contributed by atoms with E-state index in [1.807, 2.05) is 5.32 Å². The molecular formula is C27H26F3NO7. The zero-order valence-corrected chi connectivity index (χ0v) is 20.2. The molecule has 0 spiro atoms. The van der Waals surface area contributed by atoms with E-state index in [4.69, 9.17) is 4.74 Å². The van der Waals surface area contributed by atoms with Crippen LogP contribution >= 0.6 is 0 Å². The lowest BCUT2D eigenvalue weighted by Gasteiger charge is -2.42. The first kappa shape index (κ1) is 26.2. The Morgan fingerprint density at radius 1 is 1.08 bits per heavy atom. The van der Waals surface area contributed by atoms with Crippen LogP contribution in [0.4, 0.5) is 13.2 Å². The van der Waals surface area contributed by atoms with Gasteiger partial charge in [0.05, 0.1) is 29.4 Å². The van der Waals surface area contributed by atoms with Crippen LogP contribution in [0.3, 0.4) is 0 Å². The van der Waals surface area contributed by atoms with Crippen LogP contribution in [-0.4, -0.2) is 63.3 Å². The number of aliphatic hydroxyl groups excluding tert-OH is 1. The highest BCUT2D eigenvalue weighted by molar-refractivity contribution is 6.23. The summed E-state index contributed by atoms with van der Waals surface area (Å²) in [5.41, 5.74) is -0.446. The third kappa shape index (κ3) is 4.23. The SMILES string of the molecule is C[C@H]1O[C@@H](CC2C=CCC3C(=O)c4c(c(O)c5ccccc5c4O)C(=O)C23)C[C@H](NC(=O)C(F)(F)F)[C@H]1O. The van der Waals surface area contributed by atoms with Crippen LogP contribution in [-0.2, 0) is 9.53 Å². The summed E-state index contributed by atoms with van der Waals surface area (Å²) in [6.07, 6.45) is -4.39. The van der Waals surface area contributed by atoms with E-state index in [0.29, 0.717) is 0 Å². The maximum absolute atomic E-state index is 13.8. The van der Waals surface area contributed by atoms with Crippen LogP contribution in [0.1, 0.15) is 46.9 Å². The zero-order chi connectivity index (χ0) is 27.5. The second-order valence-electron chi connectivity index (χ2n) is 10.2. The molecule has 2 aromatic rings. The van der Waals surface area contributed by atoms with Crippen LogP contribution in [0.15, 0.2) is 36.4 Å². The fourth-order valence-corrected chi connectivity index (χ4v) is 6.11. The van der Waals surface area contributed by atoms with Crippen LogP contribution in [0.5, 0.6) is 11.5 Å². The summed E-state index contributed by atoms with van der Waals surface area (Å²) in [6, 6.07) is 5.12. The first-order valence-corrected chi connectivity index (χ1v) is 12.3. The molecule has 2 aliphatic carbocycles.